The second-order valence-corrected chi connectivity index (χ2v) is 8.60. The van der Waals surface area contributed by atoms with Crippen molar-refractivity contribution < 1.29 is 26.3 Å². The van der Waals surface area contributed by atoms with E-state index in [-0.39, 0.29) is 28.8 Å². The molecule has 3 aromatic heterocycles. The van der Waals surface area contributed by atoms with Gasteiger partial charge in [0.15, 0.2) is 5.82 Å². The number of halogens is 6. The molecular formula is C23H20F6N8O2. The highest BCUT2D eigenvalue weighted by atomic mass is 19.4. The van der Waals surface area contributed by atoms with Crippen molar-refractivity contribution in [3.8, 4) is 11.4 Å². The van der Waals surface area contributed by atoms with Gasteiger partial charge in [-0.2, -0.15) is 18.3 Å². The van der Waals surface area contributed by atoms with Crippen LogP contribution in [0.3, 0.4) is 0 Å². The van der Waals surface area contributed by atoms with Gasteiger partial charge in [0.1, 0.15) is 17.2 Å². The van der Waals surface area contributed by atoms with E-state index >= 15 is 0 Å². The van der Waals surface area contributed by atoms with Crippen LogP contribution in [0.4, 0.5) is 37.8 Å². The fraction of sp³-hybridized carbons (Fsp3) is 0.304. The van der Waals surface area contributed by atoms with Gasteiger partial charge in [0.2, 0.25) is 0 Å². The zero-order valence-corrected chi connectivity index (χ0v) is 20.1. The standard InChI is InChI=1S/C23H20F6N8O2/c1-10(34-16-8-33-36-21(38)17(16)23(27,28)29)3-2-4-37-9-32-15-6-11(14(24)5-12(15)22(37)39)20-31-7-13(18(25)26)19(30)35-20/h5-10,18H,2-4H2,1H3,(H2,30,31,35)(H2,34,36,38). The van der Waals surface area contributed by atoms with Crippen LogP contribution in [-0.4, -0.2) is 35.8 Å². The third kappa shape index (κ3) is 5.83. The second kappa shape index (κ2) is 10.7. The molecule has 4 N–H and O–H groups in total. The summed E-state index contributed by atoms with van der Waals surface area (Å²) in [7, 11) is 0. The molecule has 0 saturated heterocycles. The average Bonchev–Trinajstić information content (AvgIpc) is 2.84. The predicted molar refractivity (Wildman–Crippen MR) is 129 cm³/mol. The number of aromatic nitrogens is 6. The number of hydrogen-bond donors (Lipinski definition) is 3. The molecule has 16 heteroatoms. The van der Waals surface area contributed by atoms with Gasteiger partial charge < -0.3 is 11.1 Å². The molecule has 206 valence electrons. The Hall–Kier alpha value is -4.50. The highest BCUT2D eigenvalue weighted by Crippen LogP contribution is 2.32. The molecular weight excluding hydrogens is 534 g/mol. The number of nitrogens with one attached hydrogen (secondary N) is 2. The Labute approximate surface area is 214 Å². The lowest BCUT2D eigenvalue weighted by atomic mass is 10.1. The minimum atomic E-state index is -4.88. The van der Waals surface area contributed by atoms with E-state index in [9.17, 15) is 35.9 Å². The Morgan fingerprint density at radius 1 is 1.15 bits per heavy atom. The van der Waals surface area contributed by atoms with Gasteiger partial charge in [0.25, 0.3) is 17.5 Å². The number of H-pyrrole nitrogens is 1. The summed E-state index contributed by atoms with van der Waals surface area (Å²) < 4.78 is 81.5. The number of fused-ring (bicyclic) bond motifs is 1. The fourth-order valence-corrected chi connectivity index (χ4v) is 3.91. The van der Waals surface area contributed by atoms with Crippen molar-refractivity contribution in [2.45, 2.75) is 45.0 Å². The third-order valence-corrected chi connectivity index (χ3v) is 5.81. The van der Waals surface area contributed by atoms with E-state index in [2.05, 4.69) is 25.4 Å². The quantitative estimate of drug-likeness (QED) is 0.278. The molecule has 0 spiro atoms. The first kappa shape index (κ1) is 27.5. The average molecular weight is 554 g/mol. The van der Waals surface area contributed by atoms with E-state index < -0.39 is 58.2 Å². The first-order chi connectivity index (χ1) is 18.4. The van der Waals surface area contributed by atoms with Crippen LogP contribution in [-0.2, 0) is 12.7 Å². The molecule has 0 aliphatic carbocycles. The Kier molecular flexibility index (Phi) is 7.56. The first-order valence-corrected chi connectivity index (χ1v) is 11.4. The minimum absolute atomic E-state index is 0.0634. The summed E-state index contributed by atoms with van der Waals surface area (Å²) in [6, 6.07) is 1.61. The summed E-state index contributed by atoms with van der Waals surface area (Å²) >= 11 is 0. The van der Waals surface area contributed by atoms with Gasteiger partial charge in [-0.05, 0) is 31.9 Å². The smallest absolute Gasteiger partial charge is 0.383 e. The molecule has 10 nitrogen and oxygen atoms in total. The molecule has 39 heavy (non-hydrogen) atoms. The lowest BCUT2D eigenvalue weighted by molar-refractivity contribution is -0.138. The molecule has 4 aromatic rings. The Morgan fingerprint density at radius 2 is 1.90 bits per heavy atom. The number of rotatable bonds is 8. The summed E-state index contributed by atoms with van der Waals surface area (Å²) in [6.07, 6.45) is -4.28. The molecule has 4 rings (SSSR count). The van der Waals surface area contributed by atoms with E-state index in [1.807, 2.05) is 0 Å². The molecule has 0 aliphatic rings. The maximum absolute atomic E-state index is 14.9. The Bertz CT molecular complexity index is 1640. The number of benzene rings is 1. The molecule has 0 fully saturated rings. The lowest BCUT2D eigenvalue weighted by Gasteiger charge is -2.18. The van der Waals surface area contributed by atoms with E-state index in [1.165, 1.54) is 17.0 Å². The lowest BCUT2D eigenvalue weighted by Crippen LogP contribution is -2.27. The zero-order chi connectivity index (χ0) is 28.5. The maximum atomic E-state index is 14.9. The van der Waals surface area contributed by atoms with Gasteiger partial charge in [-0.15, -0.1) is 0 Å². The molecule has 1 atom stereocenters. The van der Waals surface area contributed by atoms with Crippen LogP contribution in [0, 0.1) is 5.82 Å². The highest BCUT2D eigenvalue weighted by Gasteiger charge is 2.37. The number of aromatic amines is 1. The van der Waals surface area contributed by atoms with Crippen LogP contribution in [0.5, 0.6) is 0 Å². The van der Waals surface area contributed by atoms with Gasteiger partial charge in [-0.3, -0.25) is 14.2 Å². The number of nitrogens with two attached hydrogens (primary N) is 1. The summed E-state index contributed by atoms with van der Waals surface area (Å²) in [4.78, 5) is 36.1. The van der Waals surface area contributed by atoms with Gasteiger partial charge in [-0.25, -0.2) is 33.2 Å². The number of alkyl halides is 5. The van der Waals surface area contributed by atoms with Gasteiger partial charge in [-0.1, -0.05) is 0 Å². The summed E-state index contributed by atoms with van der Waals surface area (Å²) in [5.41, 5.74) is 1.03. The zero-order valence-electron chi connectivity index (χ0n) is 20.1. The van der Waals surface area contributed by atoms with Gasteiger partial charge >= 0.3 is 6.18 Å². The van der Waals surface area contributed by atoms with Crippen LogP contribution >= 0.6 is 0 Å². The summed E-state index contributed by atoms with van der Waals surface area (Å²) in [5.74, 6) is -1.66. The monoisotopic (exact) mass is 554 g/mol. The number of nitrogen functional groups attached to an aromatic ring is 1. The van der Waals surface area contributed by atoms with E-state index in [0.717, 1.165) is 18.5 Å². The Morgan fingerprint density at radius 3 is 2.56 bits per heavy atom. The van der Waals surface area contributed by atoms with Crippen LogP contribution in [0.25, 0.3) is 22.3 Å². The number of aryl methyl sites for hydroxylation is 1. The minimum Gasteiger partial charge on any atom is -0.383 e. The molecule has 0 bridgehead atoms. The summed E-state index contributed by atoms with van der Waals surface area (Å²) in [5, 5.41) is 7.70. The molecule has 1 aromatic carbocycles. The predicted octanol–water partition coefficient (Wildman–Crippen LogP) is 3.90. The topological polar surface area (TPSA) is 144 Å². The van der Waals surface area contributed by atoms with Crippen molar-refractivity contribution in [3.63, 3.8) is 0 Å². The van der Waals surface area contributed by atoms with Crippen molar-refractivity contribution in [1.82, 2.24) is 29.7 Å². The Balaban J connectivity index is 1.49. The molecule has 0 aliphatic heterocycles. The third-order valence-electron chi connectivity index (χ3n) is 5.81. The van der Waals surface area contributed by atoms with E-state index in [1.54, 1.807) is 12.0 Å². The molecule has 1 unspecified atom stereocenters. The largest absolute Gasteiger partial charge is 0.423 e. The molecule has 0 radical (unpaired) electrons. The van der Waals surface area contributed by atoms with Crippen LogP contribution in [0.15, 0.2) is 40.4 Å². The molecule has 0 saturated carbocycles. The SMILES string of the molecule is CC(CCCn1cnc2cc(-c3ncc(C(F)F)c(N)n3)c(F)cc2c1=O)Nc1cn[nH]c(=O)c1C(F)(F)F. The van der Waals surface area contributed by atoms with Crippen LogP contribution in [0.1, 0.15) is 37.3 Å². The van der Waals surface area contributed by atoms with Crippen molar-refractivity contribution in [2.75, 3.05) is 11.1 Å². The number of nitrogens with zero attached hydrogens (tertiary/aromatic N) is 5. The maximum Gasteiger partial charge on any atom is 0.423 e. The second-order valence-electron chi connectivity index (χ2n) is 8.60. The van der Waals surface area contributed by atoms with Gasteiger partial charge in [0.05, 0.1) is 40.2 Å². The number of anilines is 2. The van der Waals surface area contributed by atoms with Gasteiger partial charge in [0, 0.05) is 18.8 Å². The molecule has 3 heterocycles. The van der Waals surface area contributed by atoms with Crippen molar-refractivity contribution >= 4 is 22.4 Å². The van der Waals surface area contributed by atoms with Crippen molar-refractivity contribution in [3.05, 3.63) is 68.5 Å². The first-order valence-electron chi connectivity index (χ1n) is 11.4. The summed E-state index contributed by atoms with van der Waals surface area (Å²) in [6.45, 7) is 1.72. The van der Waals surface area contributed by atoms with Crippen molar-refractivity contribution in [2.24, 2.45) is 0 Å². The fourth-order valence-electron chi connectivity index (χ4n) is 3.91. The number of hydrogen-bond acceptors (Lipinski definition) is 8. The highest BCUT2D eigenvalue weighted by molar-refractivity contribution is 5.82. The van der Waals surface area contributed by atoms with Crippen LogP contribution < -0.4 is 22.2 Å². The van der Waals surface area contributed by atoms with Crippen LogP contribution in [0.2, 0.25) is 0 Å². The van der Waals surface area contributed by atoms with Crippen molar-refractivity contribution in [1.29, 1.82) is 0 Å². The molecule has 0 amide bonds. The normalized spacial score (nSPS) is 12.7. The van der Waals surface area contributed by atoms with E-state index in [4.69, 9.17) is 5.73 Å². The van der Waals surface area contributed by atoms with E-state index in [0.29, 0.717) is 12.8 Å².